The SMILES string of the molecule is Cc1ccc([C@H](CC(=O)[O-])NC(=O)CCc2cccs2)cc1. The fourth-order valence-electron chi connectivity index (χ4n) is 2.18. The first-order chi connectivity index (χ1) is 10.5. The van der Waals surface area contributed by atoms with Crippen LogP contribution in [0.25, 0.3) is 0 Å². The lowest BCUT2D eigenvalue weighted by atomic mass is 10.0. The zero-order valence-corrected chi connectivity index (χ0v) is 13.2. The van der Waals surface area contributed by atoms with Gasteiger partial charge in [0.2, 0.25) is 5.91 Å². The monoisotopic (exact) mass is 316 g/mol. The van der Waals surface area contributed by atoms with E-state index in [0.29, 0.717) is 12.8 Å². The fraction of sp³-hybridized carbons (Fsp3) is 0.294. The first-order valence-corrected chi connectivity index (χ1v) is 8.00. The molecule has 0 spiro atoms. The Labute approximate surface area is 133 Å². The molecule has 1 amide bonds. The van der Waals surface area contributed by atoms with Crippen LogP contribution in [0.4, 0.5) is 0 Å². The van der Waals surface area contributed by atoms with E-state index in [-0.39, 0.29) is 12.3 Å². The summed E-state index contributed by atoms with van der Waals surface area (Å²) in [6, 6.07) is 10.8. The summed E-state index contributed by atoms with van der Waals surface area (Å²) in [7, 11) is 0. The van der Waals surface area contributed by atoms with Crippen LogP contribution in [0.2, 0.25) is 0 Å². The van der Waals surface area contributed by atoms with Gasteiger partial charge in [-0.3, -0.25) is 4.79 Å². The average molecular weight is 316 g/mol. The molecule has 116 valence electrons. The Balaban J connectivity index is 1.98. The van der Waals surface area contributed by atoms with Gasteiger partial charge in [0.05, 0.1) is 6.04 Å². The smallest absolute Gasteiger partial charge is 0.220 e. The highest BCUT2D eigenvalue weighted by molar-refractivity contribution is 7.09. The van der Waals surface area contributed by atoms with Gasteiger partial charge in [0, 0.05) is 23.7 Å². The molecule has 0 aliphatic carbocycles. The maximum Gasteiger partial charge on any atom is 0.220 e. The Bertz CT molecular complexity index is 620. The lowest BCUT2D eigenvalue weighted by molar-refractivity contribution is -0.306. The van der Waals surface area contributed by atoms with E-state index in [4.69, 9.17) is 0 Å². The van der Waals surface area contributed by atoms with Gasteiger partial charge >= 0.3 is 0 Å². The summed E-state index contributed by atoms with van der Waals surface area (Å²) in [5, 5.41) is 15.7. The van der Waals surface area contributed by atoms with E-state index in [1.54, 1.807) is 11.3 Å². The second kappa shape index (κ2) is 7.75. The van der Waals surface area contributed by atoms with Crippen molar-refractivity contribution in [3.05, 3.63) is 57.8 Å². The predicted molar refractivity (Wildman–Crippen MR) is 84.3 cm³/mol. The van der Waals surface area contributed by atoms with Crippen molar-refractivity contribution < 1.29 is 14.7 Å². The number of hydrogen-bond acceptors (Lipinski definition) is 4. The fourth-order valence-corrected chi connectivity index (χ4v) is 2.88. The normalized spacial score (nSPS) is 11.9. The molecule has 0 aliphatic heterocycles. The second-order valence-corrected chi connectivity index (χ2v) is 6.22. The molecular formula is C17H18NO3S-. The Morgan fingerprint density at radius 2 is 1.95 bits per heavy atom. The predicted octanol–water partition coefficient (Wildman–Crippen LogP) is 1.99. The maximum absolute atomic E-state index is 12.1. The quantitative estimate of drug-likeness (QED) is 0.849. The number of aryl methyl sites for hydroxylation is 2. The molecule has 0 fully saturated rings. The van der Waals surface area contributed by atoms with Gasteiger partial charge in [0.25, 0.3) is 0 Å². The van der Waals surface area contributed by atoms with Gasteiger partial charge in [0.1, 0.15) is 0 Å². The number of thiophene rings is 1. The molecular weight excluding hydrogens is 298 g/mol. The van der Waals surface area contributed by atoms with Gasteiger partial charge in [0.15, 0.2) is 0 Å². The lowest BCUT2D eigenvalue weighted by Gasteiger charge is -2.20. The van der Waals surface area contributed by atoms with Crippen molar-refractivity contribution in [3.8, 4) is 0 Å². The molecule has 2 rings (SSSR count). The highest BCUT2D eigenvalue weighted by Gasteiger charge is 2.15. The lowest BCUT2D eigenvalue weighted by Crippen LogP contribution is -2.34. The van der Waals surface area contributed by atoms with Crippen LogP contribution in [0.5, 0.6) is 0 Å². The summed E-state index contributed by atoms with van der Waals surface area (Å²) in [4.78, 5) is 24.1. The Morgan fingerprint density at radius 1 is 1.23 bits per heavy atom. The number of amides is 1. The number of benzene rings is 1. The van der Waals surface area contributed by atoms with Crippen LogP contribution in [-0.2, 0) is 16.0 Å². The minimum atomic E-state index is -1.18. The molecule has 4 nitrogen and oxygen atoms in total. The summed E-state index contributed by atoms with van der Waals surface area (Å²) in [5.41, 5.74) is 1.86. The number of aliphatic carboxylic acids is 1. The van der Waals surface area contributed by atoms with Crippen molar-refractivity contribution in [1.29, 1.82) is 0 Å². The molecule has 2 aromatic rings. The molecule has 1 N–H and O–H groups in total. The molecule has 22 heavy (non-hydrogen) atoms. The summed E-state index contributed by atoms with van der Waals surface area (Å²) in [5.74, 6) is -1.33. The Kier molecular flexibility index (Phi) is 5.72. The molecule has 0 aliphatic rings. The standard InChI is InChI=1S/C17H19NO3S/c1-12-4-6-13(7-5-12)15(11-17(20)21)18-16(19)9-8-14-3-2-10-22-14/h2-7,10,15H,8-9,11H2,1H3,(H,18,19)(H,20,21)/p-1/t15-/m0/s1. The topological polar surface area (TPSA) is 69.2 Å². The first kappa shape index (κ1) is 16.2. The van der Waals surface area contributed by atoms with Gasteiger partial charge in [-0.1, -0.05) is 35.9 Å². The van der Waals surface area contributed by atoms with Crippen molar-refractivity contribution in [2.24, 2.45) is 0 Å². The molecule has 1 atom stereocenters. The Hall–Kier alpha value is -2.14. The molecule has 0 saturated heterocycles. The zero-order valence-electron chi connectivity index (χ0n) is 12.4. The second-order valence-electron chi connectivity index (χ2n) is 5.19. The molecule has 5 heteroatoms. The molecule has 1 aromatic heterocycles. The number of carboxylic acids is 1. The van der Waals surface area contributed by atoms with Crippen LogP contribution < -0.4 is 10.4 Å². The highest BCUT2D eigenvalue weighted by atomic mass is 32.1. The highest BCUT2D eigenvalue weighted by Crippen LogP contribution is 2.18. The number of rotatable bonds is 7. The number of carboxylic acid groups (broad SMARTS) is 1. The van der Waals surface area contributed by atoms with Crippen molar-refractivity contribution in [3.63, 3.8) is 0 Å². The van der Waals surface area contributed by atoms with E-state index >= 15 is 0 Å². The van der Waals surface area contributed by atoms with Crippen molar-refractivity contribution >= 4 is 23.2 Å². The summed E-state index contributed by atoms with van der Waals surface area (Å²) in [6.07, 6.45) is 0.777. The number of carbonyl (C=O) groups is 2. The van der Waals surface area contributed by atoms with Gasteiger partial charge < -0.3 is 15.2 Å². The number of hydrogen-bond donors (Lipinski definition) is 1. The van der Waals surface area contributed by atoms with Crippen LogP contribution in [0, 0.1) is 6.92 Å². The van der Waals surface area contributed by atoms with Crippen LogP contribution in [0.1, 0.15) is 34.9 Å². The molecule has 0 bridgehead atoms. The van der Waals surface area contributed by atoms with E-state index < -0.39 is 12.0 Å². The van der Waals surface area contributed by atoms with Crippen LogP contribution in [0.15, 0.2) is 41.8 Å². The third-order valence-electron chi connectivity index (χ3n) is 3.36. The van der Waals surface area contributed by atoms with Crippen molar-refractivity contribution in [1.82, 2.24) is 5.32 Å². The first-order valence-electron chi connectivity index (χ1n) is 7.13. The molecule has 1 heterocycles. The average Bonchev–Trinajstić information content (AvgIpc) is 2.98. The van der Waals surface area contributed by atoms with E-state index in [0.717, 1.165) is 16.0 Å². The van der Waals surface area contributed by atoms with Crippen LogP contribution in [0.3, 0.4) is 0 Å². The van der Waals surface area contributed by atoms with E-state index in [9.17, 15) is 14.7 Å². The van der Waals surface area contributed by atoms with E-state index in [1.807, 2.05) is 48.7 Å². The summed E-state index contributed by atoms with van der Waals surface area (Å²) < 4.78 is 0. The summed E-state index contributed by atoms with van der Waals surface area (Å²) >= 11 is 1.61. The summed E-state index contributed by atoms with van der Waals surface area (Å²) in [6.45, 7) is 1.96. The van der Waals surface area contributed by atoms with Crippen molar-refractivity contribution in [2.45, 2.75) is 32.2 Å². The number of nitrogens with one attached hydrogen (secondary N) is 1. The molecule has 0 radical (unpaired) electrons. The molecule has 0 saturated carbocycles. The van der Waals surface area contributed by atoms with Gasteiger partial charge in [-0.05, 0) is 30.4 Å². The van der Waals surface area contributed by atoms with Gasteiger partial charge in [-0.2, -0.15) is 0 Å². The van der Waals surface area contributed by atoms with Crippen molar-refractivity contribution in [2.75, 3.05) is 0 Å². The van der Waals surface area contributed by atoms with E-state index in [1.165, 1.54) is 0 Å². The Morgan fingerprint density at radius 3 is 2.55 bits per heavy atom. The minimum Gasteiger partial charge on any atom is -0.550 e. The van der Waals surface area contributed by atoms with Gasteiger partial charge in [-0.25, -0.2) is 0 Å². The maximum atomic E-state index is 12.1. The van der Waals surface area contributed by atoms with Gasteiger partial charge in [-0.15, -0.1) is 11.3 Å². The minimum absolute atomic E-state index is 0.153. The number of carbonyl (C=O) groups excluding carboxylic acids is 2. The zero-order chi connectivity index (χ0) is 15.9. The largest absolute Gasteiger partial charge is 0.550 e. The molecule has 1 aromatic carbocycles. The third-order valence-corrected chi connectivity index (χ3v) is 4.30. The molecule has 0 unspecified atom stereocenters. The van der Waals surface area contributed by atoms with Crippen LogP contribution >= 0.6 is 11.3 Å². The van der Waals surface area contributed by atoms with E-state index in [2.05, 4.69) is 5.32 Å². The third kappa shape index (κ3) is 5.00. The van der Waals surface area contributed by atoms with Crippen LogP contribution in [-0.4, -0.2) is 11.9 Å².